The van der Waals surface area contributed by atoms with Gasteiger partial charge in [-0.05, 0) is 24.6 Å². The monoisotopic (exact) mass is 402 g/mol. The summed E-state index contributed by atoms with van der Waals surface area (Å²) in [5.74, 6) is 1.12. The van der Waals surface area contributed by atoms with E-state index in [1.807, 2.05) is 41.3 Å². The van der Waals surface area contributed by atoms with Crippen molar-refractivity contribution in [1.82, 2.24) is 14.9 Å². The molecule has 2 fully saturated rings. The standard InChI is InChI=1S/C24H26N4O2/c1-18(19-7-3-2-4-8-19)28-15-24(13-22(28)29)14-27(11-12-30-16-24)23-20-9-5-6-10-21(20)25-17-26-23/h2-10,17-18H,11-16H2,1H3/t18-,24-/m0/s1. The van der Waals surface area contributed by atoms with Crippen LogP contribution in [-0.4, -0.2) is 53.6 Å². The first-order valence-electron chi connectivity index (χ1n) is 10.5. The molecule has 6 heteroatoms. The van der Waals surface area contributed by atoms with Gasteiger partial charge in [-0.15, -0.1) is 0 Å². The quantitative estimate of drug-likeness (QED) is 0.672. The second-order valence-electron chi connectivity index (χ2n) is 8.47. The summed E-state index contributed by atoms with van der Waals surface area (Å²) in [4.78, 5) is 26.4. The average Bonchev–Trinajstić information content (AvgIpc) is 2.97. The topological polar surface area (TPSA) is 58.6 Å². The molecular weight excluding hydrogens is 376 g/mol. The summed E-state index contributed by atoms with van der Waals surface area (Å²) in [6.45, 7) is 5.53. The number of anilines is 1. The summed E-state index contributed by atoms with van der Waals surface area (Å²) in [5.41, 5.74) is 1.86. The first kappa shape index (κ1) is 19.0. The molecular formula is C24H26N4O2. The van der Waals surface area contributed by atoms with E-state index in [-0.39, 0.29) is 17.4 Å². The number of benzene rings is 2. The molecule has 0 aliphatic carbocycles. The molecule has 2 saturated heterocycles. The van der Waals surface area contributed by atoms with Crippen molar-refractivity contribution in [3.63, 3.8) is 0 Å². The number of ether oxygens (including phenoxy) is 1. The van der Waals surface area contributed by atoms with Crippen LogP contribution in [0.4, 0.5) is 5.82 Å². The van der Waals surface area contributed by atoms with Gasteiger partial charge in [0.1, 0.15) is 12.1 Å². The highest BCUT2D eigenvalue weighted by Crippen LogP contribution is 2.39. The predicted molar refractivity (Wildman–Crippen MR) is 116 cm³/mol. The molecule has 2 aliphatic rings. The van der Waals surface area contributed by atoms with E-state index < -0.39 is 0 Å². The van der Waals surface area contributed by atoms with Crippen LogP contribution in [0, 0.1) is 5.41 Å². The van der Waals surface area contributed by atoms with Gasteiger partial charge in [0.2, 0.25) is 5.91 Å². The van der Waals surface area contributed by atoms with Crippen LogP contribution in [-0.2, 0) is 9.53 Å². The molecule has 2 aliphatic heterocycles. The molecule has 1 spiro atoms. The Morgan fingerprint density at radius 3 is 2.70 bits per heavy atom. The number of likely N-dealkylation sites (tertiary alicyclic amines) is 1. The molecule has 3 heterocycles. The van der Waals surface area contributed by atoms with Crippen LogP contribution in [0.5, 0.6) is 0 Å². The van der Waals surface area contributed by atoms with Crippen molar-refractivity contribution in [3.8, 4) is 0 Å². The van der Waals surface area contributed by atoms with Gasteiger partial charge in [-0.1, -0.05) is 42.5 Å². The summed E-state index contributed by atoms with van der Waals surface area (Å²) < 4.78 is 6.01. The molecule has 5 rings (SSSR count). The molecule has 0 saturated carbocycles. The third kappa shape index (κ3) is 3.41. The fraction of sp³-hybridized carbons (Fsp3) is 0.375. The van der Waals surface area contributed by atoms with Gasteiger partial charge in [-0.25, -0.2) is 9.97 Å². The molecule has 6 nitrogen and oxygen atoms in total. The van der Waals surface area contributed by atoms with Crippen molar-refractivity contribution < 1.29 is 9.53 Å². The van der Waals surface area contributed by atoms with Crippen LogP contribution in [0.3, 0.4) is 0 Å². The highest BCUT2D eigenvalue weighted by Gasteiger charge is 2.47. The molecule has 2 atom stereocenters. The van der Waals surface area contributed by atoms with E-state index in [9.17, 15) is 4.79 Å². The highest BCUT2D eigenvalue weighted by atomic mass is 16.5. The Hall–Kier alpha value is -2.99. The minimum atomic E-state index is -0.233. The van der Waals surface area contributed by atoms with Crippen LogP contribution >= 0.6 is 0 Å². The van der Waals surface area contributed by atoms with E-state index in [1.54, 1.807) is 6.33 Å². The number of aromatic nitrogens is 2. The van der Waals surface area contributed by atoms with Crippen LogP contribution in [0.1, 0.15) is 24.9 Å². The fourth-order valence-electron chi connectivity index (χ4n) is 4.81. The zero-order valence-electron chi connectivity index (χ0n) is 17.2. The number of rotatable bonds is 3. The molecule has 0 unspecified atom stereocenters. The molecule has 154 valence electrons. The Balaban J connectivity index is 1.44. The predicted octanol–water partition coefficient (Wildman–Crippen LogP) is 3.45. The average molecular weight is 402 g/mol. The van der Waals surface area contributed by atoms with Crippen molar-refractivity contribution >= 4 is 22.6 Å². The molecule has 30 heavy (non-hydrogen) atoms. The van der Waals surface area contributed by atoms with Crippen molar-refractivity contribution in [2.75, 3.05) is 37.7 Å². The second-order valence-corrected chi connectivity index (χ2v) is 8.47. The van der Waals surface area contributed by atoms with E-state index in [2.05, 4.69) is 40.0 Å². The Bertz CT molecular complexity index is 1050. The van der Waals surface area contributed by atoms with Crippen LogP contribution in [0.2, 0.25) is 0 Å². The number of hydrogen-bond acceptors (Lipinski definition) is 5. The first-order valence-corrected chi connectivity index (χ1v) is 10.5. The van der Waals surface area contributed by atoms with Crippen molar-refractivity contribution in [1.29, 1.82) is 0 Å². The summed E-state index contributed by atoms with van der Waals surface area (Å²) in [7, 11) is 0. The number of nitrogens with zero attached hydrogens (tertiary/aromatic N) is 4. The van der Waals surface area contributed by atoms with Gasteiger partial charge in [0.05, 0.1) is 24.8 Å². The SMILES string of the molecule is C[C@@H](c1ccccc1)N1C[C@]2(COCCN(c3ncnc4ccccc34)C2)CC1=O. The Kier molecular flexibility index (Phi) is 4.87. The molecule has 1 amide bonds. The molecule has 0 N–H and O–H groups in total. The lowest BCUT2D eigenvalue weighted by Crippen LogP contribution is -2.41. The van der Waals surface area contributed by atoms with Gasteiger partial charge in [-0.2, -0.15) is 0 Å². The Morgan fingerprint density at radius 2 is 1.83 bits per heavy atom. The molecule has 0 bridgehead atoms. The zero-order valence-corrected chi connectivity index (χ0v) is 17.2. The molecule has 1 aromatic heterocycles. The summed E-state index contributed by atoms with van der Waals surface area (Å²) in [6.07, 6.45) is 2.13. The summed E-state index contributed by atoms with van der Waals surface area (Å²) >= 11 is 0. The maximum atomic E-state index is 13.1. The van der Waals surface area contributed by atoms with Crippen molar-refractivity contribution in [3.05, 3.63) is 66.5 Å². The van der Waals surface area contributed by atoms with Gasteiger partial charge in [-0.3, -0.25) is 4.79 Å². The third-order valence-electron chi connectivity index (χ3n) is 6.36. The van der Waals surface area contributed by atoms with E-state index in [0.29, 0.717) is 26.2 Å². The number of amides is 1. The van der Waals surface area contributed by atoms with Crippen molar-refractivity contribution in [2.24, 2.45) is 5.41 Å². The summed E-state index contributed by atoms with van der Waals surface area (Å²) in [5, 5.41) is 1.04. The number of hydrogen-bond donors (Lipinski definition) is 0. The van der Waals surface area contributed by atoms with E-state index >= 15 is 0 Å². The maximum absolute atomic E-state index is 13.1. The van der Waals surface area contributed by atoms with Gasteiger partial charge < -0.3 is 14.5 Å². The zero-order chi connectivity index (χ0) is 20.6. The van der Waals surface area contributed by atoms with E-state index in [4.69, 9.17) is 4.74 Å². The second kappa shape index (κ2) is 7.69. The Labute approximate surface area is 176 Å². The lowest BCUT2D eigenvalue weighted by Gasteiger charge is -2.33. The number of fused-ring (bicyclic) bond motifs is 1. The first-order chi connectivity index (χ1) is 14.7. The normalized spacial score (nSPS) is 23.2. The Morgan fingerprint density at radius 1 is 1.03 bits per heavy atom. The van der Waals surface area contributed by atoms with Gasteiger partial charge >= 0.3 is 0 Å². The minimum Gasteiger partial charge on any atom is -0.379 e. The van der Waals surface area contributed by atoms with Crippen LogP contribution in [0.15, 0.2) is 60.9 Å². The minimum absolute atomic E-state index is 0.0506. The largest absolute Gasteiger partial charge is 0.379 e. The van der Waals surface area contributed by atoms with Crippen molar-refractivity contribution in [2.45, 2.75) is 19.4 Å². The van der Waals surface area contributed by atoms with Gasteiger partial charge in [0.15, 0.2) is 0 Å². The van der Waals surface area contributed by atoms with Gasteiger partial charge in [0.25, 0.3) is 0 Å². The van der Waals surface area contributed by atoms with Gasteiger partial charge in [0, 0.05) is 36.9 Å². The highest BCUT2D eigenvalue weighted by molar-refractivity contribution is 5.89. The lowest BCUT2D eigenvalue weighted by atomic mass is 9.87. The molecule has 0 radical (unpaired) electrons. The maximum Gasteiger partial charge on any atom is 0.223 e. The smallest absolute Gasteiger partial charge is 0.223 e. The number of para-hydroxylation sites is 1. The number of carbonyl (C=O) groups is 1. The van der Waals surface area contributed by atoms with Crippen LogP contribution in [0.25, 0.3) is 10.9 Å². The fourth-order valence-corrected chi connectivity index (χ4v) is 4.81. The van der Waals surface area contributed by atoms with E-state index in [1.165, 1.54) is 0 Å². The summed E-state index contributed by atoms with van der Waals surface area (Å²) in [6, 6.07) is 18.4. The lowest BCUT2D eigenvalue weighted by molar-refractivity contribution is -0.129. The molecule has 2 aromatic carbocycles. The van der Waals surface area contributed by atoms with E-state index in [0.717, 1.165) is 35.4 Å². The number of carbonyl (C=O) groups excluding carboxylic acids is 1. The molecule has 3 aromatic rings. The van der Waals surface area contributed by atoms with Crippen LogP contribution < -0.4 is 4.90 Å². The third-order valence-corrected chi connectivity index (χ3v) is 6.36.